The van der Waals surface area contributed by atoms with Crippen LogP contribution in [-0.2, 0) is 17.9 Å². The van der Waals surface area contributed by atoms with Crippen molar-refractivity contribution in [2.24, 2.45) is 0 Å². The summed E-state index contributed by atoms with van der Waals surface area (Å²) in [6, 6.07) is 12.0. The van der Waals surface area contributed by atoms with Crippen LogP contribution in [0.3, 0.4) is 0 Å². The standard InChI is InChI=1S/C22H23N5O3S/c1-15-4-6-16(7-5-15)18-13-27-17(14-30-18)20(23-24-27)22(29)26-10-8-25(9-11-26)21(28)19-3-2-12-31-19/h2-7,12,18H,8-11,13-14H2,1H3/t18-/m1/s1. The molecule has 2 amide bonds. The first kappa shape index (κ1) is 19.9. The van der Waals surface area contributed by atoms with E-state index in [0.717, 1.165) is 10.4 Å². The summed E-state index contributed by atoms with van der Waals surface area (Å²) in [5.41, 5.74) is 3.35. The Morgan fingerprint density at radius 3 is 2.42 bits per heavy atom. The minimum absolute atomic E-state index is 0.0266. The van der Waals surface area contributed by atoms with Gasteiger partial charge in [-0.05, 0) is 23.9 Å². The Morgan fingerprint density at radius 1 is 1.03 bits per heavy atom. The van der Waals surface area contributed by atoms with Gasteiger partial charge in [-0.25, -0.2) is 4.68 Å². The third kappa shape index (κ3) is 3.86. The first-order chi connectivity index (χ1) is 15.1. The summed E-state index contributed by atoms with van der Waals surface area (Å²) in [7, 11) is 0. The molecule has 8 nitrogen and oxygen atoms in total. The molecule has 3 aromatic rings. The molecular formula is C22H23N5O3S. The van der Waals surface area contributed by atoms with Crippen LogP contribution < -0.4 is 0 Å². The molecule has 0 bridgehead atoms. The van der Waals surface area contributed by atoms with E-state index in [1.807, 2.05) is 17.5 Å². The molecule has 5 rings (SSSR count). The fraction of sp³-hybridized carbons (Fsp3) is 0.364. The third-order valence-electron chi connectivity index (χ3n) is 5.84. The van der Waals surface area contributed by atoms with Gasteiger partial charge in [-0.1, -0.05) is 41.1 Å². The fourth-order valence-corrected chi connectivity index (χ4v) is 4.67. The number of carbonyl (C=O) groups excluding carboxylic acids is 2. The van der Waals surface area contributed by atoms with Crippen molar-refractivity contribution < 1.29 is 14.3 Å². The fourth-order valence-electron chi connectivity index (χ4n) is 3.98. The van der Waals surface area contributed by atoms with Gasteiger partial charge >= 0.3 is 0 Å². The molecule has 2 aliphatic rings. The van der Waals surface area contributed by atoms with Crippen LogP contribution in [0.1, 0.15) is 43.1 Å². The van der Waals surface area contributed by atoms with E-state index in [1.54, 1.807) is 14.5 Å². The van der Waals surface area contributed by atoms with Crippen molar-refractivity contribution in [1.82, 2.24) is 24.8 Å². The molecule has 1 fully saturated rings. The molecule has 0 saturated carbocycles. The average Bonchev–Trinajstić information content (AvgIpc) is 3.49. The minimum Gasteiger partial charge on any atom is -0.365 e. The normalized spacial score (nSPS) is 18.7. The highest BCUT2D eigenvalue weighted by atomic mass is 32.1. The number of rotatable bonds is 3. The van der Waals surface area contributed by atoms with Gasteiger partial charge < -0.3 is 14.5 Å². The molecule has 0 spiro atoms. The Morgan fingerprint density at radius 2 is 1.74 bits per heavy atom. The quantitative estimate of drug-likeness (QED) is 0.629. The Labute approximate surface area is 184 Å². The van der Waals surface area contributed by atoms with Crippen LogP contribution >= 0.6 is 11.3 Å². The van der Waals surface area contributed by atoms with Gasteiger partial charge in [0.05, 0.1) is 23.7 Å². The predicted octanol–water partition coefficient (Wildman–Crippen LogP) is 2.52. The van der Waals surface area contributed by atoms with E-state index in [2.05, 4.69) is 41.5 Å². The summed E-state index contributed by atoms with van der Waals surface area (Å²) in [5, 5.41) is 10.3. The van der Waals surface area contributed by atoms with Crippen LogP contribution in [0, 0.1) is 6.92 Å². The molecule has 9 heteroatoms. The molecule has 160 valence electrons. The van der Waals surface area contributed by atoms with Gasteiger partial charge in [0.15, 0.2) is 5.69 Å². The molecule has 31 heavy (non-hydrogen) atoms. The number of benzene rings is 1. The number of fused-ring (bicyclic) bond motifs is 1. The first-order valence-corrected chi connectivity index (χ1v) is 11.2. The van der Waals surface area contributed by atoms with Crippen LogP contribution in [0.4, 0.5) is 0 Å². The number of piperazine rings is 1. The highest BCUT2D eigenvalue weighted by Crippen LogP contribution is 2.27. The molecule has 1 aromatic carbocycles. The monoisotopic (exact) mass is 437 g/mol. The minimum atomic E-state index is -0.151. The van der Waals surface area contributed by atoms with Gasteiger partial charge in [0, 0.05) is 26.2 Å². The van der Waals surface area contributed by atoms with Gasteiger partial charge in [-0.15, -0.1) is 16.4 Å². The maximum absolute atomic E-state index is 13.1. The zero-order chi connectivity index (χ0) is 21.4. The van der Waals surface area contributed by atoms with Crippen molar-refractivity contribution in [3.05, 3.63) is 69.2 Å². The number of hydrogen-bond donors (Lipinski definition) is 0. The molecule has 0 aliphatic carbocycles. The van der Waals surface area contributed by atoms with E-state index >= 15 is 0 Å². The number of carbonyl (C=O) groups is 2. The molecule has 0 unspecified atom stereocenters. The van der Waals surface area contributed by atoms with Crippen molar-refractivity contribution in [3.63, 3.8) is 0 Å². The molecule has 4 heterocycles. The number of nitrogens with zero attached hydrogens (tertiary/aromatic N) is 5. The first-order valence-electron chi connectivity index (χ1n) is 10.3. The number of ether oxygens (including phenoxy) is 1. The largest absolute Gasteiger partial charge is 0.365 e. The van der Waals surface area contributed by atoms with Crippen LogP contribution in [0.15, 0.2) is 41.8 Å². The van der Waals surface area contributed by atoms with Gasteiger partial charge in [-0.2, -0.15) is 0 Å². The van der Waals surface area contributed by atoms with Gasteiger partial charge in [0.2, 0.25) is 0 Å². The molecule has 0 N–H and O–H groups in total. The Bertz CT molecular complexity index is 1090. The maximum Gasteiger partial charge on any atom is 0.276 e. The zero-order valence-corrected chi connectivity index (χ0v) is 18.0. The SMILES string of the molecule is Cc1ccc([C@H]2Cn3nnc(C(=O)N4CCN(C(=O)c5cccs5)CC4)c3CO2)cc1. The van der Waals surface area contributed by atoms with E-state index in [0.29, 0.717) is 50.7 Å². The second-order valence-electron chi connectivity index (χ2n) is 7.84. The van der Waals surface area contributed by atoms with Crippen molar-refractivity contribution in [2.75, 3.05) is 26.2 Å². The van der Waals surface area contributed by atoms with E-state index < -0.39 is 0 Å². The summed E-state index contributed by atoms with van der Waals surface area (Å²) in [4.78, 5) is 29.9. The molecule has 0 radical (unpaired) electrons. The van der Waals surface area contributed by atoms with E-state index in [4.69, 9.17) is 4.74 Å². The molecule has 2 aromatic heterocycles. The zero-order valence-electron chi connectivity index (χ0n) is 17.2. The van der Waals surface area contributed by atoms with Crippen molar-refractivity contribution >= 4 is 23.2 Å². The van der Waals surface area contributed by atoms with E-state index in [9.17, 15) is 9.59 Å². The average molecular weight is 438 g/mol. The van der Waals surface area contributed by atoms with Crippen LogP contribution in [0.2, 0.25) is 0 Å². The highest BCUT2D eigenvalue weighted by Gasteiger charge is 2.32. The summed E-state index contributed by atoms with van der Waals surface area (Å²) in [6.45, 7) is 4.86. The highest BCUT2D eigenvalue weighted by molar-refractivity contribution is 7.12. The lowest BCUT2D eigenvalue weighted by Crippen LogP contribution is -2.50. The molecular weight excluding hydrogens is 414 g/mol. The smallest absolute Gasteiger partial charge is 0.276 e. The van der Waals surface area contributed by atoms with Crippen molar-refractivity contribution in [1.29, 1.82) is 0 Å². The molecule has 1 atom stereocenters. The summed E-state index contributed by atoms with van der Waals surface area (Å²) < 4.78 is 7.81. The van der Waals surface area contributed by atoms with Crippen molar-refractivity contribution in [3.8, 4) is 0 Å². The Hall–Kier alpha value is -3.04. The topological polar surface area (TPSA) is 80.6 Å². The number of amides is 2. The van der Waals surface area contributed by atoms with Gasteiger partial charge in [0.1, 0.15) is 6.10 Å². The summed E-state index contributed by atoms with van der Waals surface area (Å²) in [6.07, 6.45) is -0.107. The van der Waals surface area contributed by atoms with Crippen LogP contribution in [0.5, 0.6) is 0 Å². The van der Waals surface area contributed by atoms with Gasteiger partial charge in [-0.3, -0.25) is 9.59 Å². The second-order valence-corrected chi connectivity index (χ2v) is 8.79. The van der Waals surface area contributed by atoms with Crippen LogP contribution in [-0.4, -0.2) is 62.8 Å². The Balaban J connectivity index is 1.24. The van der Waals surface area contributed by atoms with Gasteiger partial charge in [0.25, 0.3) is 11.8 Å². The maximum atomic E-state index is 13.1. The number of aryl methyl sites for hydroxylation is 1. The molecule has 2 aliphatic heterocycles. The lowest BCUT2D eigenvalue weighted by Gasteiger charge is -2.34. The number of aromatic nitrogens is 3. The van der Waals surface area contributed by atoms with E-state index in [1.165, 1.54) is 16.9 Å². The lowest BCUT2D eigenvalue weighted by atomic mass is 10.1. The summed E-state index contributed by atoms with van der Waals surface area (Å²) >= 11 is 1.44. The third-order valence-corrected chi connectivity index (χ3v) is 6.69. The number of hydrogen-bond acceptors (Lipinski definition) is 6. The predicted molar refractivity (Wildman–Crippen MR) is 115 cm³/mol. The summed E-state index contributed by atoms with van der Waals surface area (Å²) in [5.74, 6) is -0.124. The van der Waals surface area contributed by atoms with Crippen LogP contribution in [0.25, 0.3) is 0 Å². The Kier molecular flexibility index (Phi) is 5.29. The number of thiophene rings is 1. The molecule has 1 saturated heterocycles. The van der Waals surface area contributed by atoms with E-state index in [-0.39, 0.29) is 17.9 Å². The lowest BCUT2D eigenvalue weighted by molar-refractivity contribution is -0.00203. The second kappa shape index (κ2) is 8.24. The van der Waals surface area contributed by atoms with Crippen molar-refractivity contribution in [2.45, 2.75) is 26.2 Å².